The van der Waals surface area contributed by atoms with Crippen LogP contribution in [0.4, 0.5) is 13.2 Å². The van der Waals surface area contributed by atoms with Crippen molar-refractivity contribution in [1.82, 2.24) is 15.2 Å². The summed E-state index contributed by atoms with van der Waals surface area (Å²) >= 11 is 1.46. The summed E-state index contributed by atoms with van der Waals surface area (Å²) in [6.07, 6.45) is -4.53. The number of aromatic amines is 1. The average molecular weight is 365 g/mol. The van der Waals surface area contributed by atoms with E-state index < -0.39 is 11.9 Å². The minimum atomic E-state index is -4.53. The molecule has 2 N–H and O–H groups in total. The number of H-pyrrole nitrogens is 1. The second-order valence-corrected chi connectivity index (χ2v) is 6.46. The van der Waals surface area contributed by atoms with Crippen LogP contribution in [0, 0.1) is 6.92 Å². The van der Waals surface area contributed by atoms with Crippen LogP contribution in [0.5, 0.6) is 5.75 Å². The molecule has 1 aromatic carbocycles. The van der Waals surface area contributed by atoms with Crippen molar-refractivity contribution < 1.29 is 22.7 Å². The van der Waals surface area contributed by atoms with E-state index in [9.17, 15) is 18.3 Å². The molecular weight excluding hydrogens is 355 g/mol. The van der Waals surface area contributed by atoms with Gasteiger partial charge in [-0.15, -0.1) is 11.3 Å². The van der Waals surface area contributed by atoms with Crippen molar-refractivity contribution in [2.75, 3.05) is 0 Å². The van der Waals surface area contributed by atoms with Crippen molar-refractivity contribution in [2.45, 2.75) is 13.1 Å². The highest BCUT2D eigenvalue weighted by atomic mass is 32.1. The number of hydrogen-bond acceptors (Lipinski definition) is 5. The van der Waals surface area contributed by atoms with Crippen LogP contribution in [0.1, 0.15) is 10.7 Å². The van der Waals surface area contributed by atoms with Crippen LogP contribution < -0.4 is 0 Å². The number of hydrogen-bond donors (Lipinski definition) is 2. The van der Waals surface area contributed by atoms with Gasteiger partial charge in [0.15, 0.2) is 5.76 Å². The van der Waals surface area contributed by atoms with Gasteiger partial charge in [-0.05, 0) is 31.2 Å². The number of nitrogens with zero attached hydrogens (tertiary/aromatic N) is 2. The van der Waals surface area contributed by atoms with Gasteiger partial charge in [0.2, 0.25) is 0 Å². The van der Waals surface area contributed by atoms with E-state index >= 15 is 0 Å². The van der Waals surface area contributed by atoms with Gasteiger partial charge in [-0.25, -0.2) is 4.98 Å². The molecule has 9 heteroatoms. The van der Waals surface area contributed by atoms with Crippen LogP contribution in [0.15, 0.2) is 34.1 Å². The smallest absolute Gasteiger partial charge is 0.432 e. The number of phenolic OH excluding ortho intramolecular Hbond substituents is 1. The van der Waals surface area contributed by atoms with Gasteiger partial charge >= 0.3 is 6.18 Å². The third-order valence-corrected chi connectivity index (χ3v) is 4.48. The Balaban J connectivity index is 1.81. The maximum atomic E-state index is 12.7. The fourth-order valence-corrected chi connectivity index (χ4v) is 3.11. The van der Waals surface area contributed by atoms with Crippen LogP contribution in [-0.2, 0) is 6.18 Å². The SMILES string of the molecule is Cc1nc(-c2cc3c(O)c(-c4cc(C(F)(F)F)[nH]n4)ccc3o2)cs1. The molecule has 5 nitrogen and oxygen atoms in total. The first-order valence-corrected chi connectivity index (χ1v) is 8.02. The van der Waals surface area contributed by atoms with Crippen molar-refractivity contribution >= 4 is 22.3 Å². The van der Waals surface area contributed by atoms with Crippen LogP contribution in [0.25, 0.3) is 33.7 Å². The van der Waals surface area contributed by atoms with Gasteiger partial charge in [-0.1, -0.05) is 0 Å². The minimum absolute atomic E-state index is 0.000947. The maximum Gasteiger partial charge on any atom is 0.432 e. The quantitative estimate of drug-likeness (QED) is 0.525. The van der Waals surface area contributed by atoms with E-state index in [1.54, 1.807) is 12.1 Å². The molecule has 0 radical (unpaired) electrons. The van der Waals surface area contributed by atoms with Crippen LogP contribution in [0.3, 0.4) is 0 Å². The van der Waals surface area contributed by atoms with Crippen molar-refractivity contribution in [3.05, 3.63) is 40.3 Å². The first-order chi connectivity index (χ1) is 11.8. The largest absolute Gasteiger partial charge is 0.506 e. The number of phenols is 1. The van der Waals surface area contributed by atoms with E-state index in [1.807, 2.05) is 17.4 Å². The molecule has 0 bridgehead atoms. The van der Waals surface area contributed by atoms with E-state index in [1.165, 1.54) is 17.4 Å². The van der Waals surface area contributed by atoms with Gasteiger partial charge in [-0.2, -0.15) is 18.3 Å². The third kappa shape index (κ3) is 2.66. The molecule has 0 spiro atoms. The maximum absolute atomic E-state index is 12.7. The number of nitrogens with one attached hydrogen (secondary N) is 1. The number of aromatic nitrogens is 3. The summed E-state index contributed by atoms with van der Waals surface area (Å²) in [5.41, 5.74) is 0.250. The monoisotopic (exact) mass is 365 g/mol. The summed E-state index contributed by atoms with van der Waals surface area (Å²) in [6, 6.07) is 5.51. The van der Waals surface area contributed by atoms with E-state index in [0.29, 0.717) is 22.4 Å². The fraction of sp³-hybridized carbons (Fsp3) is 0.125. The fourth-order valence-electron chi connectivity index (χ4n) is 2.51. The number of thiazole rings is 1. The zero-order valence-electron chi connectivity index (χ0n) is 12.7. The topological polar surface area (TPSA) is 74.9 Å². The van der Waals surface area contributed by atoms with Gasteiger partial charge in [0.1, 0.15) is 22.7 Å². The van der Waals surface area contributed by atoms with E-state index in [0.717, 1.165) is 11.1 Å². The second kappa shape index (κ2) is 5.35. The summed E-state index contributed by atoms with van der Waals surface area (Å²) in [5.74, 6) is 0.282. The van der Waals surface area contributed by atoms with Crippen molar-refractivity contribution in [3.8, 4) is 28.5 Å². The third-order valence-electron chi connectivity index (χ3n) is 3.70. The van der Waals surface area contributed by atoms with Crippen molar-refractivity contribution in [1.29, 1.82) is 0 Å². The lowest BCUT2D eigenvalue weighted by atomic mass is 10.1. The first kappa shape index (κ1) is 15.7. The highest BCUT2D eigenvalue weighted by molar-refractivity contribution is 7.09. The summed E-state index contributed by atoms with van der Waals surface area (Å²) < 4.78 is 43.8. The Kier molecular flexibility index (Phi) is 3.36. The van der Waals surface area contributed by atoms with Gasteiger partial charge in [-0.3, -0.25) is 5.10 Å². The molecule has 0 aliphatic carbocycles. The number of furan rings is 1. The number of aromatic hydroxyl groups is 1. The predicted octanol–water partition coefficient (Wildman–Crippen LogP) is 4.98. The number of halogens is 3. The molecular formula is C16H10F3N3O2S. The molecule has 3 aromatic heterocycles. The molecule has 0 aliphatic heterocycles. The molecule has 0 saturated carbocycles. The first-order valence-electron chi connectivity index (χ1n) is 7.14. The van der Waals surface area contributed by atoms with E-state index in [-0.39, 0.29) is 17.0 Å². The Morgan fingerprint density at radius 1 is 1.20 bits per heavy atom. The highest BCUT2D eigenvalue weighted by Gasteiger charge is 2.33. The molecule has 0 fully saturated rings. The van der Waals surface area contributed by atoms with Crippen molar-refractivity contribution in [3.63, 3.8) is 0 Å². The normalized spacial score (nSPS) is 12.2. The number of fused-ring (bicyclic) bond motifs is 1. The molecule has 4 aromatic rings. The zero-order chi connectivity index (χ0) is 17.8. The van der Waals surface area contributed by atoms with Crippen molar-refractivity contribution in [2.24, 2.45) is 0 Å². The molecule has 4 rings (SSSR count). The van der Waals surface area contributed by atoms with Gasteiger partial charge in [0.25, 0.3) is 0 Å². The second-order valence-electron chi connectivity index (χ2n) is 5.40. The molecule has 3 heterocycles. The Morgan fingerprint density at radius 2 is 2.00 bits per heavy atom. The molecule has 0 aliphatic rings. The number of aryl methyl sites for hydroxylation is 1. The Hall–Kier alpha value is -2.81. The Bertz CT molecular complexity index is 1080. The lowest BCUT2D eigenvalue weighted by Crippen LogP contribution is -2.04. The van der Waals surface area contributed by atoms with E-state index in [4.69, 9.17) is 4.42 Å². The average Bonchev–Trinajstić information content (AvgIpc) is 3.24. The molecule has 25 heavy (non-hydrogen) atoms. The Labute approximate surface area is 142 Å². The minimum Gasteiger partial charge on any atom is -0.506 e. The van der Waals surface area contributed by atoms with Crippen LogP contribution >= 0.6 is 11.3 Å². The van der Waals surface area contributed by atoms with E-state index in [2.05, 4.69) is 10.1 Å². The number of alkyl halides is 3. The molecule has 0 amide bonds. The van der Waals surface area contributed by atoms with Gasteiger partial charge < -0.3 is 9.52 Å². The predicted molar refractivity (Wildman–Crippen MR) is 86.3 cm³/mol. The standard InChI is InChI=1S/C16H10F3N3O2S/c1-7-20-11(6-25-7)13-4-9-12(24-13)3-2-8(15(9)23)10-5-14(22-21-10)16(17,18)19/h2-6,23H,1H3,(H,21,22). The zero-order valence-corrected chi connectivity index (χ0v) is 13.5. The van der Waals surface area contributed by atoms with Gasteiger partial charge in [0, 0.05) is 10.9 Å². The molecule has 0 unspecified atom stereocenters. The van der Waals surface area contributed by atoms with Crippen LogP contribution in [0.2, 0.25) is 0 Å². The lowest BCUT2D eigenvalue weighted by molar-refractivity contribution is -0.141. The highest BCUT2D eigenvalue weighted by Crippen LogP contribution is 2.40. The summed E-state index contributed by atoms with van der Waals surface area (Å²) in [7, 11) is 0. The van der Waals surface area contributed by atoms with Gasteiger partial charge in [0.05, 0.1) is 16.1 Å². The summed E-state index contributed by atoms with van der Waals surface area (Å²) in [5, 5.41) is 19.1. The lowest BCUT2D eigenvalue weighted by Gasteiger charge is -2.02. The molecule has 128 valence electrons. The molecule has 0 atom stereocenters. The number of benzene rings is 1. The molecule has 0 saturated heterocycles. The van der Waals surface area contributed by atoms with Crippen LogP contribution in [-0.4, -0.2) is 20.3 Å². The number of rotatable bonds is 2. The summed E-state index contributed by atoms with van der Waals surface area (Å²) in [6.45, 7) is 1.86. The summed E-state index contributed by atoms with van der Waals surface area (Å²) in [4.78, 5) is 4.32. The Morgan fingerprint density at radius 3 is 2.64 bits per heavy atom.